The van der Waals surface area contributed by atoms with Crippen LogP contribution < -0.4 is 10.2 Å². The molecule has 0 bridgehead atoms. The van der Waals surface area contributed by atoms with Crippen LogP contribution in [0.15, 0.2) is 80.8 Å². The Labute approximate surface area is 178 Å². The van der Waals surface area contributed by atoms with Crippen LogP contribution in [0.1, 0.15) is 0 Å². The first-order chi connectivity index (χ1) is 14.3. The van der Waals surface area contributed by atoms with Gasteiger partial charge in [-0.15, -0.1) is 0 Å². The summed E-state index contributed by atoms with van der Waals surface area (Å²) < 4.78 is 34.9. The summed E-state index contributed by atoms with van der Waals surface area (Å²) in [7, 11) is -1.83. The first-order valence-corrected chi connectivity index (χ1v) is 11.3. The first-order valence-electron chi connectivity index (χ1n) is 9.00. The Hall–Kier alpha value is -3.09. The highest BCUT2D eigenvalue weighted by atomic mass is 35.5. The molecule has 0 aliphatic rings. The molecule has 0 aliphatic carbocycles. The average molecular weight is 441 g/mol. The summed E-state index contributed by atoms with van der Waals surface area (Å²) in [4.78, 5) is 13.6. The number of ether oxygens (including phenoxy) is 1. The number of para-hydroxylation sites is 1. The van der Waals surface area contributed by atoms with Crippen LogP contribution in [0.3, 0.4) is 0 Å². The fourth-order valence-corrected chi connectivity index (χ4v) is 4.17. The molecule has 4 aromatic rings. The molecule has 5 nitrogen and oxygen atoms in total. The van der Waals surface area contributed by atoms with E-state index < -0.39 is 9.84 Å². The van der Waals surface area contributed by atoms with Gasteiger partial charge in [-0.3, -0.25) is 4.79 Å². The molecule has 0 saturated heterocycles. The molecular weight excluding hydrogens is 424 g/mol. The number of halogens is 1. The van der Waals surface area contributed by atoms with Gasteiger partial charge in [-0.05, 0) is 54.1 Å². The molecule has 1 aromatic heterocycles. The molecule has 0 amide bonds. The van der Waals surface area contributed by atoms with E-state index in [0.717, 1.165) is 6.26 Å². The normalized spacial score (nSPS) is 11.6. The maximum absolute atomic E-state index is 13.4. The second-order valence-corrected chi connectivity index (χ2v) is 9.20. The van der Waals surface area contributed by atoms with Crippen molar-refractivity contribution in [2.75, 3.05) is 13.4 Å². The Morgan fingerprint density at radius 2 is 1.60 bits per heavy atom. The quantitative estimate of drug-likeness (QED) is 0.436. The molecule has 4 rings (SSSR count). The average Bonchev–Trinajstić information content (AvgIpc) is 2.73. The van der Waals surface area contributed by atoms with Gasteiger partial charge in [0.2, 0.25) is 5.43 Å². The lowest BCUT2D eigenvalue weighted by atomic mass is 9.98. The molecule has 1 heterocycles. The molecule has 0 atom stereocenters. The third-order valence-corrected chi connectivity index (χ3v) is 6.21. The zero-order chi connectivity index (χ0) is 21.5. The van der Waals surface area contributed by atoms with Crippen molar-refractivity contribution in [2.45, 2.75) is 4.90 Å². The second-order valence-electron chi connectivity index (χ2n) is 6.78. The third kappa shape index (κ3) is 3.60. The van der Waals surface area contributed by atoms with E-state index in [2.05, 4.69) is 0 Å². The summed E-state index contributed by atoms with van der Waals surface area (Å²) in [6.07, 6.45) is 1.14. The van der Waals surface area contributed by atoms with Crippen molar-refractivity contribution in [1.82, 2.24) is 0 Å². The second kappa shape index (κ2) is 7.63. The Kier molecular flexibility index (Phi) is 5.13. The maximum atomic E-state index is 13.4. The van der Waals surface area contributed by atoms with Crippen LogP contribution in [-0.2, 0) is 9.84 Å². The van der Waals surface area contributed by atoms with Crippen LogP contribution >= 0.6 is 11.6 Å². The number of hydrogen-bond donors (Lipinski definition) is 0. The lowest BCUT2D eigenvalue weighted by Gasteiger charge is -2.12. The molecule has 0 unspecified atom stereocenters. The van der Waals surface area contributed by atoms with E-state index in [4.69, 9.17) is 20.8 Å². The van der Waals surface area contributed by atoms with Crippen molar-refractivity contribution in [1.29, 1.82) is 0 Å². The maximum Gasteiger partial charge on any atom is 0.201 e. The van der Waals surface area contributed by atoms with E-state index in [1.54, 1.807) is 54.6 Å². The van der Waals surface area contributed by atoms with Crippen molar-refractivity contribution >= 4 is 32.4 Å². The van der Waals surface area contributed by atoms with Gasteiger partial charge >= 0.3 is 0 Å². The minimum atomic E-state index is -3.34. The van der Waals surface area contributed by atoms with Crippen LogP contribution in [0.5, 0.6) is 5.75 Å². The number of rotatable bonds is 4. The van der Waals surface area contributed by atoms with Crippen molar-refractivity contribution in [2.24, 2.45) is 0 Å². The predicted molar refractivity (Wildman–Crippen MR) is 118 cm³/mol. The minimum absolute atomic E-state index is 0.184. The summed E-state index contributed by atoms with van der Waals surface area (Å²) in [5.74, 6) is 0.824. The zero-order valence-corrected chi connectivity index (χ0v) is 17.8. The van der Waals surface area contributed by atoms with Gasteiger partial charge in [0, 0.05) is 11.8 Å². The molecule has 0 aliphatic heterocycles. The van der Waals surface area contributed by atoms with Gasteiger partial charge in [-0.25, -0.2) is 8.42 Å². The summed E-state index contributed by atoms with van der Waals surface area (Å²) >= 11 is 6.29. The summed E-state index contributed by atoms with van der Waals surface area (Å²) in [5.41, 5.74) is 1.72. The summed E-state index contributed by atoms with van der Waals surface area (Å²) in [5, 5.41) is 0.803. The van der Waals surface area contributed by atoms with Crippen LogP contribution in [0.2, 0.25) is 5.02 Å². The summed E-state index contributed by atoms with van der Waals surface area (Å²) in [6.45, 7) is 0. The third-order valence-electron chi connectivity index (χ3n) is 4.78. The fourth-order valence-electron chi connectivity index (χ4n) is 3.28. The molecular formula is C23H17ClO5S. The highest BCUT2D eigenvalue weighted by Gasteiger charge is 2.19. The predicted octanol–water partition coefficient (Wildman–Crippen LogP) is 5.19. The van der Waals surface area contributed by atoms with Crippen molar-refractivity contribution < 1.29 is 17.6 Å². The van der Waals surface area contributed by atoms with E-state index in [9.17, 15) is 13.2 Å². The topological polar surface area (TPSA) is 73.6 Å². The van der Waals surface area contributed by atoms with Crippen LogP contribution in [0.25, 0.3) is 33.4 Å². The Balaban J connectivity index is 2.02. The van der Waals surface area contributed by atoms with E-state index >= 15 is 0 Å². The van der Waals surface area contributed by atoms with Crippen LogP contribution in [0, 0.1) is 0 Å². The van der Waals surface area contributed by atoms with Crippen LogP contribution in [0.4, 0.5) is 0 Å². The molecule has 0 radical (unpaired) electrons. The van der Waals surface area contributed by atoms with Gasteiger partial charge in [0.05, 0.1) is 28.0 Å². The van der Waals surface area contributed by atoms with E-state index in [1.807, 2.05) is 0 Å². The minimum Gasteiger partial charge on any atom is -0.495 e. The van der Waals surface area contributed by atoms with Gasteiger partial charge < -0.3 is 9.15 Å². The molecule has 0 N–H and O–H groups in total. The molecule has 0 spiro atoms. The van der Waals surface area contributed by atoms with Gasteiger partial charge in [-0.1, -0.05) is 29.8 Å². The van der Waals surface area contributed by atoms with Crippen molar-refractivity contribution in [3.8, 4) is 28.2 Å². The zero-order valence-electron chi connectivity index (χ0n) is 16.2. The highest BCUT2D eigenvalue weighted by Crippen LogP contribution is 2.36. The lowest BCUT2D eigenvalue weighted by Crippen LogP contribution is -2.07. The van der Waals surface area contributed by atoms with Crippen LogP contribution in [-0.4, -0.2) is 21.8 Å². The van der Waals surface area contributed by atoms with Gasteiger partial charge in [0.15, 0.2) is 9.84 Å². The van der Waals surface area contributed by atoms with Gasteiger partial charge in [-0.2, -0.15) is 0 Å². The number of methoxy groups -OCH3 is 1. The molecule has 0 saturated carbocycles. The van der Waals surface area contributed by atoms with E-state index in [0.29, 0.717) is 44.2 Å². The summed E-state index contributed by atoms with van der Waals surface area (Å²) in [6, 6.07) is 18.3. The number of benzene rings is 3. The smallest absolute Gasteiger partial charge is 0.201 e. The van der Waals surface area contributed by atoms with E-state index in [1.165, 1.54) is 19.2 Å². The lowest BCUT2D eigenvalue weighted by molar-refractivity contribution is 0.415. The standard InChI is InChI=1S/C23H17ClO5S/c1-28-20-12-9-15(13-18(20)24)21-22(25)17-5-3-4-6-19(17)29-23(21)14-7-10-16(11-8-14)30(2,26)27/h3-13H,1-2H3. The monoisotopic (exact) mass is 440 g/mol. The highest BCUT2D eigenvalue weighted by molar-refractivity contribution is 7.90. The Bertz CT molecular complexity index is 1420. The molecule has 30 heavy (non-hydrogen) atoms. The fraction of sp³-hybridized carbons (Fsp3) is 0.0870. The Morgan fingerprint density at radius 3 is 2.23 bits per heavy atom. The Morgan fingerprint density at radius 1 is 0.933 bits per heavy atom. The molecule has 7 heteroatoms. The van der Waals surface area contributed by atoms with E-state index in [-0.39, 0.29) is 10.3 Å². The largest absolute Gasteiger partial charge is 0.495 e. The van der Waals surface area contributed by atoms with Gasteiger partial charge in [0.25, 0.3) is 0 Å². The SMILES string of the molecule is COc1ccc(-c2c(-c3ccc(S(C)(=O)=O)cc3)oc3ccccc3c2=O)cc1Cl. The number of hydrogen-bond acceptors (Lipinski definition) is 5. The molecule has 152 valence electrons. The van der Waals surface area contributed by atoms with Crippen molar-refractivity contribution in [3.05, 3.63) is 82.0 Å². The molecule has 0 fully saturated rings. The van der Waals surface area contributed by atoms with Crippen molar-refractivity contribution in [3.63, 3.8) is 0 Å². The number of fused-ring (bicyclic) bond motifs is 1. The first kappa shape index (κ1) is 20.2. The molecule has 3 aromatic carbocycles. The number of sulfone groups is 1. The van der Waals surface area contributed by atoms with Gasteiger partial charge in [0.1, 0.15) is 17.1 Å².